The van der Waals surface area contributed by atoms with Crippen molar-refractivity contribution in [1.29, 1.82) is 0 Å². The fourth-order valence-corrected chi connectivity index (χ4v) is 3.89. The smallest absolute Gasteiger partial charge is 0.257 e. The second-order valence-electron chi connectivity index (χ2n) is 7.85. The summed E-state index contributed by atoms with van der Waals surface area (Å²) in [4.78, 5) is 1.91. The van der Waals surface area contributed by atoms with Crippen molar-refractivity contribution in [1.82, 2.24) is 4.90 Å². The van der Waals surface area contributed by atoms with Gasteiger partial charge in [0.1, 0.15) is 0 Å². The Morgan fingerprint density at radius 3 is 2.04 bits per heavy atom. The molecule has 2 aromatic carbocycles. The normalized spacial score (nSPS) is 16.4. The van der Waals surface area contributed by atoms with Crippen LogP contribution in [0.4, 0.5) is 14.5 Å². The summed E-state index contributed by atoms with van der Waals surface area (Å²) in [6.45, 7) is 2.51. The van der Waals surface area contributed by atoms with E-state index in [9.17, 15) is 8.78 Å². The molecule has 27 heavy (non-hydrogen) atoms. The highest BCUT2D eigenvalue weighted by atomic mass is 19.3. The van der Waals surface area contributed by atoms with E-state index >= 15 is 0 Å². The van der Waals surface area contributed by atoms with Gasteiger partial charge < -0.3 is 5.32 Å². The topological polar surface area (TPSA) is 15.3 Å². The number of nitrogens with zero attached hydrogens (tertiary/aromatic N) is 1. The molecule has 1 saturated heterocycles. The van der Waals surface area contributed by atoms with E-state index in [-0.39, 0.29) is 6.54 Å². The Bertz CT molecular complexity index is 697. The highest BCUT2D eigenvalue weighted by molar-refractivity contribution is 5.66. The van der Waals surface area contributed by atoms with Crippen LogP contribution in [0.15, 0.2) is 48.5 Å². The maximum atomic E-state index is 13.1. The predicted molar refractivity (Wildman–Crippen MR) is 110 cm³/mol. The molecule has 0 aliphatic carbocycles. The number of piperidine rings is 1. The van der Waals surface area contributed by atoms with Gasteiger partial charge in [0, 0.05) is 19.7 Å². The number of alkyl halides is 2. The first kappa shape index (κ1) is 19.8. The molecule has 4 heteroatoms. The van der Waals surface area contributed by atoms with Crippen LogP contribution in [0.2, 0.25) is 0 Å². The van der Waals surface area contributed by atoms with Crippen LogP contribution in [0.1, 0.15) is 31.7 Å². The Morgan fingerprint density at radius 1 is 0.963 bits per heavy atom. The fraction of sp³-hybridized carbons (Fsp3) is 0.478. The fourth-order valence-electron chi connectivity index (χ4n) is 3.89. The molecule has 0 unspecified atom stereocenters. The number of hydrogen-bond acceptors (Lipinski definition) is 2. The molecule has 2 aromatic rings. The predicted octanol–water partition coefficient (Wildman–Crippen LogP) is 5.70. The molecular weight excluding hydrogens is 342 g/mol. The van der Waals surface area contributed by atoms with E-state index < -0.39 is 5.92 Å². The monoisotopic (exact) mass is 372 g/mol. The van der Waals surface area contributed by atoms with Crippen molar-refractivity contribution in [3.63, 3.8) is 0 Å². The molecule has 146 valence electrons. The van der Waals surface area contributed by atoms with E-state index in [0.29, 0.717) is 5.92 Å². The average Bonchev–Trinajstić information content (AvgIpc) is 2.67. The molecule has 0 bridgehead atoms. The van der Waals surface area contributed by atoms with Crippen molar-refractivity contribution < 1.29 is 8.78 Å². The summed E-state index contributed by atoms with van der Waals surface area (Å²) in [6, 6.07) is 17.3. The number of benzene rings is 2. The van der Waals surface area contributed by atoms with Crippen LogP contribution in [-0.4, -0.2) is 37.5 Å². The lowest BCUT2D eigenvalue weighted by molar-refractivity contribution is -0.0225. The summed E-state index contributed by atoms with van der Waals surface area (Å²) >= 11 is 0. The number of aryl methyl sites for hydroxylation is 1. The number of anilines is 1. The molecule has 0 saturated carbocycles. The zero-order chi connectivity index (χ0) is 19.3. The van der Waals surface area contributed by atoms with Crippen LogP contribution in [0.25, 0.3) is 11.1 Å². The van der Waals surface area contributed by atoms with Gasteiger partial charge in [-0.2, -0.15) is 0 Å². The summed E-state index contributed by atoms with van der Waals surface area (Å²) in [5, 5.41) is 3.14. The number of likely N-dealkylation sites (tertiary alicyclic amines) is 1. The second-order valence-corrected chi connectivity index (χ2v) is 7.85. The van der Waals surface area contributed by atoms with Gasteiger partial charge in [-0.3, -0.25) is 4.90 Å². The summed E-state index contributed by atoms with van der Waals surface area (Å²) in [6.07, 6.45) is 4.28. The Kier molecular flexibility index (Phi) is 6.48. The minimum Gasteiger partial charge on any atom is -0.388 e. The van der Waals surface area contributed by atoms with Crippen LogP contribution >= 0.6 is 0 Å². The van der Waals surface area contributed by atoms with Gasteiger partial charge >= 0.3 is 0 Å². The zero-order valence-electron chi connectivity index (χ0n) is 16.3. The van der Waals surface area contributed by atoms with Gasteiger partial charge in [-0.15, -0.1) is 0 Å². The molecule has 1 aliphatic heterocycles. The Balaban J connectivity index is 1.46. The summed E-state index contributed by atoms with van der Waals surface area (Å²) in [7, 11) is 1.92. The van der Waals surface area contributed by atoms with Gasteiger partial charge in [0.05, 0.1) is 6.54 Å². The first-order valence-electron chi connectivity index (χ1n) is 9.90. The van der Waals surface area contributed by atoms with Crippen LogP contribution in [0.5, 0.6) is 0 Å². The standard InChI is InChI=1S/C23H30F2N2/c1-23(24,25)17-27-15-13-19(14-16-27)4-3-18-5-7-20(8-6-18)21-9-11-22(26-2)12-10-21/h5-12,19,26H,3-4,13-17H2,1-2H3. The largest absolute Gasteiger partial charge is 0.388 e. The number of halogens is 2. The molecule has 0 amide bonds. The van der Waals surface area contributed by atoms with Crippen molar-refractivity contribution in [3.05, 3.63) is 54.1 Å². The molecule has 3 rings (SSSR count). The van der Waals surface area contributed by atoms with Crippen molar-refractivity contribution in [2.24, 2.45) is 5.92 Å². The molecular formula is C23H30F2N2. The maximum Gasteiger partial charge on any atom is 0.257 e. The first-order valence-corrected chi connectivity index (χ1v) is 9.90. The first-order chi connectivity index (χ1) is 12.9. The third kappa shape index (κ3) is 6.03. The molecule has 1 heterocycles. The van der Waals surface area contributed by atoms with Gasteiger partial charge in [0.15, 0.2) is 0 Å². The highest BCUT2D eigenvalue weighted by Gasteiger charge is 2.28. The number of nitrogens with one attached hydrogen (secondary N) is 1. The Hall–Kier alpha value is -1.94. The van der Waals surface area contributed by atoms with Gasteiger partial charge in [0.25, 0.3) is 5.92 Å². The minimum atomic E-state index is -2.58. The van der Waals surface area contributed by atoms with E-state index in [1.165, 1.54) is 16.7 Å². The molecule has 1 fully saturated rings. The molecule has 1 aliphatic rings. The van der Waals surface area contributed by atoms with Gasteiger partial charge in [0.2, 0.25) is 0 Å². The summed E-state index contributed by atoms with van der Waals surface area (Å²) in [5.41, 5.74) is 4.92. The third-order valence-corrected chi connectivity index (χ3v) is 5.51. The van der Waals surface area contributed by atoms with Crippen molar-refractivity contribution in [2.75, 3.05) is 32.0 Å². The number of hydrogen-bond donors (Lipinski definition) is 1. The molecule has 0 spiro atoms. The van der Waals surface area contributed by atoms with Crippen LogP contribution in [0, 0.1) is 5.92 Å². The summed E-state index contributed by atoms with van der Waals surface area (Å²) in [5.74, 6) is -1.93. The molecule has 2 nitrogen and oxygen atoms in total. The van der Waals surface area contributed by atoms with Crippen molar-refractivity contribution >= 4 is 5.69 Å². The lowest BCUT2D eigenvalue weighted by atomic mass is 9.90. The molecule has 0 radical (unpaired) electrons. The van der Waals surface area contributed by atoms with Gasteiger partial charge in [-0.05, 0) is 73.5 Å². The highest BCUT2D eigenvalue weighted by Crippen LogP contribution is 2.26. The molecule has 1 N–H and O–H groups in total. The third-order valence-electron chi connectivity index (χ3n) is 5.51. The van der Waals surface area contributed by atoms with Crippen molar-refractivity contribution in [2.45, 2.75) is 38.5 Å². The van der Waals surface area contributed by atoms with Gasteiger partial charge in [-0.25, -0.2) is 8.78 Å². The lowest BCUT2D eigenvalue weighted by Crippen LogP contribution is -2.40. The molecule has 0 atom stereocenters. The maximum absolute atomic E-state index is 13.1. The second kappa shape index (κ2) is 8.83. The number of rotatable bonds is 7. The van der Waals surface area contributed by atoms with E-state index in [4.69, 9.17) is 0 Å². The Labute approximate surface area is 161 Å². The zero-order valence-corrected chi connectivity index (χ0v) is 16.3. The van der Waals surface area contributed by atoms with Gasteiger partial charge in [-0.1, -0.05) is 36.4 Å². The average molecular weight is 373 g/mol. The Morgan fingerprint density at radius 2 is 1.52 bits per heavy atom. The quantitative estimate of drug-likeness (QED) is 0.671. The van der Waals surface area contributed by atoms with E-state index in [0.717, 1.165) is 51.4 Å². The van der Waals surface area contributed by atoms with Crippen LogP contribution in [0.3, 0.4) is 0 Å². The molecule has 0 aromatic heterocycles. The van der Waals surface area contributed by atoms with E-state index in [1.807, 2.05) is 11.9 Å². The summed E-state index contributed by atoms with van der Waals surface area (Å²) < 4.78 is 26.2. The van der Waals surface area contributed by atoms with Crippen molar-refractivity contribution in [3.8, 4) is 11.1 Å². The van der Waals surface area contributed by atoms with Crippen LogP contribution in [-0.2, 0) is 6.42 Å². The van der Waals surface area contributed by atoms with E-state index in [1.54, 1.807) is 0 Å². The SMILES string of the molecule is CNc1ccc(-c2ccc(CCC3CCN(CC(C)(F)F)CC3)cc2)cc1. The van der Waals surface area contributed by atoms with Crippen LogP contribution < -0.4 is 5.32 Å². The lowest BCUT2D eigenvalue weighted by Gasteiger charge is -2.33. The van der Waals surface area contributed by atoms with E-state index in [2.05, 4.69) is 53.8 Å². The minimum absolute atomic E-state index is 0.101.